The van der Waals surface area contributed by atoms with E-state index in [4.69, 9.17) is 4.42 Å². The van der Waals surface area contributed by atoms with E-state index in [1.54, 1.807) is 22.6 Å². The number of carbonyl (C=O) groups is 2. The van der Waals surface area contributed by atoms with Crippen LogP contribution < -0.4 is 5.32 Å². The average Bonchev–Trinajstić information content (AvgIpc) is 3.47. The summed E-state index contributed by atoms with van der Waals surface area (Å²) < 4.78 is 5.57. The maximum Gasteiger partial charge on any atom is 0.253 e. The monoisotopic (exact) mass is 425 g/mol. The molecule has 1 aliphatic heterocycles. The van der Waals surface area contributed by atoms with Crippen LogP contribution >= 0.6 is 23.1 Å². The molecule has 3 heterocycles. The Bertz CT molecular complexity index is 1010. The van der Waals surface area contributed by atoms with E-state index >= 15 is 0 Å². The van der Waals surface area contributed by atoms with Gasteiger partial charge in [0.15, 0.2) is 0 Å². The Morgan fingerprint density at radius 3 is 2.72 bits per heavy atom. The predicted molar refractivity (Wildman–Crippen MR) is 115 cm³/mol. The number of thioether (sulfide) groups is 1. The first-order chi connectivity index (χ1) is 14.1. The van der Waals surface area contributed by atoms with Crippen LogP contribution in [0, 0.1) is 0 Å². The highest BCUT2D eigenvalue weighted by Crippen LogP contribution is 2.35. The van der Waals surface area contributed by atoms with Gasteiger partial charge in [-0.2, -0.15) is 5.10 Å². The number of hydrogen-bond donors (Lipinski definition) is 1. The highest BCUT2D eigenvalue weighted by Gasteiger charge is 2.34. The van der Waals surface area contributed by atoms with Gasteiger partial charge in [-0.15, -0.1) is 23.1 Å². The van der Waals surface area contributed by atoms with Gasteiger partial charge in [0.1, 0.15) is 11.8 Å². The first-order valence-corrected chi connectivity index (χ1v) is 10.9. The van der Waals surface area contributed by atoms with Gasteiger partial charge in [0, 0.05) is 23.9 Å². The van der Waals surface area contributed by atoms with Crippen molar-refractivity contribution in [2.24, 2.45) is 5.10 Å². The number of nitrogens with zero attached hydrogens (tertiary/aromatic N) is 2. The smallest absolute Gasteiger partial charge is 0.253 e. The van der Waals surface area contributed by atoms with E-state index < -0.39 is 0 Å². The van der Waals surface area contributed by atoms with Crippen molar-refractivity contribution in [2.75, 3.05) is 11.1 Å². The summed E-state index contributed by atoms with van der Waals surface area (Å²) in [6.45, 7) is 1.47. The Hall–Kier alpha value is -2.84. The fraction of sp³-hybridized carbons (Fsp3) is 0.190. The minimum absolute atomic E-state index is 0.0751. The SMILES string of the molecule is CC(=O)Nc1ccc(SCC(=O)N2N=C(c3cccs3)CC2c2ccco2)cc1. The summed E-state index contributed by atoms with van der Waals surface area (Å²) in [6, 6.07) is 14.9. The second-order valence-corrected chi connectivity index (χ2v) is 8.49. The molecule has 0 saturated heterocycles. The molecular formula is C21H19N3O3S2. The molecule has 4 rings (SSSR count). The Labute approximate surface area is 176 Å². The van der Waals surface area contributed by atoms with Crippen molar-refractivity contribution in [3.8, 4) is 0 Å². The largest absolute Gasteiger partial charge is 0.467 e. The number of benzene rings is 1. The van der Waals surface area contributed by atoms with Gasteiger partial charge in [-0.25, -0.2) is 5.01 Å². The molecule has 148 valence electrons. The third kappa shape index (κ3) is 4.60. The number of hydrazone groups is 1. The summed E-state index contributed by atoms with van der Waals surface area (Å²) in [6.07, 6.45) is 2.25. The van der Waals surface area contributed by atoms with E-state index in [2.05, 4.69) is 10.4 Å². The molecule has 3 aromatic rings. The summed E-state index contributed by atoms with van der Waals surface area (Å²) in [5, 5.41) is 10.9. The summed E-state index contributed by atoms with van der Waals surface area (Å²) in [4.78, 5) is 26.1. The molecule has 0 spiro atoms. The fourth-order valence-electron chi connectivity index (χ4n) is 3.08. The van der Waals surface area contributed by atoms with Crippen LogP contribution in [0.2, 0.25) is 0 Å². The number of rotatable bonds is 6. The summed E-state index contributed by atoms with van der Waals surface area (Å²) in [5.74, 6) is 0.808. The lowest BCUT2D eigenvalue weighted by molar-refractivity contribution is -0.130. The molecule has 0 aliphatic carbocycles. The van der Waals surface area contributed by atoms with Crippen molar-refractivity contribution in [3.05, 3.63) is 70.8 Å². The van der Waals surface area contributed by atoms with E-state index in [0.29, 0.717) is 6.42 Å². The standard InChI is InChI=1S/C21H19N3O3S2/c1-14(25)22-15-6-8-16(9-7-15)29-13-21(26)24-18(19-4-2-10-27-19)12-17(23-24)20-5-3-11-28-20/h2-11,18H,12-13H2,1H3,(H,22,25). The van der Waals surface area contributed by atoms with Crippen LogP contribution in [0.25, 0.3) is 0 Å². The Kier molecular flexibility index (Phi) is 5.82. The zero-order valence-electron chi connectivity index (χ0n) is 15.7. The molecule has 2 amide bonds. The number of amides is 2. The summed E-state index contributed by atoms with van der Waals surface area (Å²) >= 11 is 3.05. The molecule has 1 aliphatic rings. The number of thiophene rings is 1. The van der Waals surface area contributed by atoms with Crippen LogP contribution in [0.3, 0.4) is 0 Å². The third-order valence-electron chi connectivity index (χ3n) is 4.38. The van der Waals surface area contributed by atoms with Gasteiger partial charge in [-0.05, 0) is 47.8 Å². The fourth-order valence-corrected chi connectivity index (χ4v) is 4.56. The second-order valence-electron chi connectivity index (χ2n) is 6.49. The van der Waals surface area contributed by atoms with Crippen molar-refractivity contribution in [3.63, 3.8) is 0 Å². The molecule has 0 radical (unpaired) electrons. The predicted octanol–water partition coefficient (Wildman–Crippen LogP) is 4.77. The molecule has 2 aromatic heterocycles. The Balaban J connectivity index is 1.45. The molecule has 29 heavy (non-hydrogen) atoms. The van der Waals surface area contributed by atoms with E-state index in [0.717, 1.165) is 26.9 Å². The number of anilines is 1. The van der Waals surface area contributed by atoms with Crippen molar-refractivity contribution < 1.29 is 14.0 Å². The van der Waals surface area contributed by atoms with Crippen molar-refractivity contribution >= 4 is 46.3 Å². The van der Waals surface area contributed by atoms with Gasteiger partial charge in [0.2, 0.25) is 5.91 Å². The lowest BCUT2D eigenvalue weighted by Crippen LogP contribution is -2.28. The van der Waals surface area contributed by atoms with Gasteiger partial charge in [-0.1, -0.05) is 6.07 Å². The first kappa shape index (κ1) is 19.5. The van der Waals surface area contributed by atoms with Gasteiger partial charge < -0.3 is 9.73 Å². The zero-order chi connectivity index (χ0) is 20.2. The lowest BCUT2D eigenvalue weighted by Gasteiger charge is -2.19. The van der Waals surface area contributed by atoms with Crippen molar-refractivity contribution in [1.82, 2.24) is 5.01 Å². The molecule has 8 heteroatoms. The van der Waals surface area contributed by atoms with Gasteiger partial charge in [0.05, 0.1) is 22.6 Å². The minimum Gasteiger partial charge on any atom is -0.467 e. The van der Waals surface area contributed by atoms with Crippen LogP contribution in [0.1, 0.15) is 30.0 Å². The van der Waals surface area contributed by atoms with Crippen molar-refractivity contribution in [1.29, 1.82) is 0 Å². The lowest BCUT2D eigenvalue weighted by atomic mass is 10.1. The Morgan fingerprint density at radius 2 is 2.07 bits per heavy atom. The molecule has 6 nitrogen and oxygen atoms in total. The van der Waals surface area contributed by atoms with E-state index in [1.807, 2.05) is 53.9 Å². The highest BCUT2D eigenvalue weighted by molar-refractivity contribution is 8.00. The normalized spacial score (nSPS) is 16.0. The van der Waals surface area contributed by atoms with Gasteiger partial charge in [-0.3, -0.25) is 9.59 Å². The maximum atomic E-state index is 13.0. The summed E-state index contributed by atoms with van der Waals surface area (Å²) in [7, 11) is 0. The maximum absolute atomic E-state index is 13.0. The molecular weight excluding hydrogens is 406 g/mol. The van der Waals surface area contributed by atoms with Crippen molar-refractivity contribution in [2.45, 2.75) is 24.3 Å². The molecule has 1 unspecified atom stereocenters. The topological polar surface area (TPSA) is 74.9 Å². The van der Waals surface area contributed by atoms with Crippen LogP contribution in [0.4, 0.5) is 5.69 Å². The van der Waals surface area contributed by atoms with E-state index in [9.17, 15) is 9.59 Å². The van der Waals surface area contributed by atoms with Crippen LogP contribution in [-0.2, 0) is 9.59 Å². The Morgan fingerprint density at radius 1 is 1.24 bits per heavy atom. The third-order valence-corrected chi connectivity index (χ3v) is 6.30. The van der Waals surface area contributed by atoms with Crippen LogP contribution in [0.15, 0.2) is 74.6 Å². The minimum atomic E-state index is -0.225. The highest BCUT2D eigenvalue weighted by atomic mass is 32.2. The molecule has 0 saturated carbocycles. The molecule has 0 bridgehead atoms. The molecule has 1 atom stereocenters. The number of carbonyl (C=O) groups excluding carboxylic acids is 2. The number of hydrogen-bond acceptors (Lipinski definition) is 6. The van der Waals surface area contributed by atoms with Crippen LogP contribution in [-0.4, -0.2) is 28.3 Å². The second kappa shape index (κ2) is 8.67. The zero-order valence-corrected chi connectivity index (χ0v) is 17.3. The molecule has 1 aromatic carbocycles. The average molecular weight is 426 g/mol. The summed E-state index contributed by atoms with van der Waals surface area (Å²) in [5.41, 5.74) is 1.63. The first-order valence-electron chi connectivity index (χ1n) is 9.07. The molecule has 0 fully saturated rings. The quantitative estimate of drug-likeness (QED) is 0.577. The van der Waals surface area contributed by atoms with Gasteiger partial charge in [0.25, 0.3) is 5.91 Å². The van der Waals surface area contributed by atoms with E-state index in [1.165, 1.54) is 18.7 Å². The molecule has 1 N–H and O–H groups in total. The van der Waals surface area contributed by atoms with E-state index in [-0.39, 0.29) is 23.6 Å². The van der Waals surface area contributed by atoms with Crippen LogP contribution in [0.5, 0.6) is 0 Å². The number of nitrogens with one attached hydrogen (secondary N) is 1. The number of furan rings is 1. The van der Waals surface area contributed by atoms with Gasteiger partial charge >= 0.3 is 0 Å².